The van der Waals surface area contributed by atoms with Gasteiger partial charge < -0.3 is 5.32 Å². The fraction of sp³-hybridized carbons (Fsp3) is 0.357. The molecule has 1 aromatic carbocycles. The van der Waals surface area contributed by atoms with Crippen molar-refractivity contribution in [1.29, 1.82) is 0 Å². The second kappa shape index (κ2) is 5.16. The van der Waals surface area contributed by atoms with E-state index in [0.29, 0.717) is 12.0 Å². The number of hydrogen-bond donors (Lipinski definition) is 3. The van der Waals surface area contributed by atoms with Crippen molar-refractivity contribution in [2.75, 3.05) is 0 Å². The number of aromatic amines is 2. The molecule has 0 spiro atoms. The van der Waals surface area contributed by atoms with Crippen LogP contribution in [0.15, 0.2) is 23.0 Å². The van der Waals surface area contributed by atoms with Gasteiger partial charge in [0.1, 0.15) is 5.82 Å². The Labute approximate surface area is 119 Å². The summed E-state index contributed by atoms with van der Waals surface area (Å²) in [6.45, 7) is 2.01. The van der Waals surface area contributed by atoms with Gasteiger partial charge in [0.25, 0.3) is 5.91 Å². The fourth-order valence-corrected chi connectivity index (χ4v) is 2.78. The summed E-state index contributed by atoms with van der Waals surface area (Å²) < 4.78 is 13.9. The van der Waals surface area contributed by atoms with Gasteiger partial charge in [0.15, 0.2) is 0 Å². The minimum atomic E-state index is -0.539. The molecule has 0 radical (unpaired) electrons. The van der Waals surface area contributed by atoms with Crippen molar-refractivity contribution in [3.8, 4) is 0 Å². The number of nitrogens with zero attached hydrogens (tertiary/aromatic N) is 1. The van der Waals surface area contributed by atoms with Crippen LogP contribution in [0, 0.1) is 11.7 Å². The first-order chi connectivity index (χ1) is 10.1. The van der Waals surface area contributed by atoms with E-state index in [9.17, 15) is 14.0 Å². The number of fused-ring (bicyclic) bond motifs is 1. The standard InChI is InChI=1S/C14H15FN4O2/c1-7-5-6-8-9(3-2-4-10(8)15)11(7)16-13(20)12-17-14(21)19-18-12/h2-4,7,11H,5-6H2,1H3,(H,16,20)(H2,17,18,19,21)/t7-,11-/m1/s1. The number of aromatic nitrogens is 3. The maximum atomic E-state index is 13.9. The summed E-state index contributed by atoms with van der Waals surface area (Å²) in [4.78, 5) is 25.4. The summed E-state index contributed by atoms with van der Waals surface area (Å²) in [5.74, 6) is -0.626. The minimum absolute atomic E-state index is 0.0734. The van der Waals surface area contributed by atoms with Gasteiger partial charge in [0.05, 0.1) is 6.04 Å². The van der Waals surface area contributed by atoms with Crippen LogP contribution in [0.1, 0.15) is 41.1 Å². The van der Waals surface area contributed by atoms with Crippen molar-refractivity contribution in [3.63, 3.8) is 0 Å². The van der Waals surface area contributed by atoms with Gasteiger partial charge in [-0.1, -0.05) is 19.1 Å². The van der Waals surface area contributed by atoms with Gasteiger partial charge in [-0.3, -0.25) is 9.78 Å². The highest BCUT2D eigenvalue weighted by molar-refractivity contribution is 5.90. The van der Waals surface area contributed by atoms with Gasteiger partial charge in [0.2, 0.25) is 5.82 Å². The molecule has 2 atom stereocenters. The molecule has 1 amide bonds. The van der Waals surface area contributed by atoms with Crippen LogP contribution >= 0.6 is 0 Å². The van der Waals surface area contributed by atoms with Gasteiger partial charge in [-0.05, 0) is 36.0 Å². The monoisotopic (exact) mass is 290 g/mol. The lowest BCUT2D eigenvalue weighted by molar-refractivity contribution is 0.0908. The molecule has 21 heavy (non-hydrogen) atoms. The second-order valence-corrected chi connectivity index (χ2v) is 5.30. The number of carbonyl (C=O) groups is 1. The highest BCUT2D eigenvalue weighted by atomic mass is 19.1. The largest absolute Gasteiger partial charge is 0.342 e. The molecule has 0 fully saturated rings. The number of amides is 1. The SMILES string of the molecule is C[C@@H]1CCc2c(F)cccc2[C@@H]1NC(=O)c1n[nH]c(=O)[nH]1. The van der Waals surface area contributed by atoms with Crippen LogP contribution in [-0.2, 0) is 6.42 Å². The maximum Gasteiger partial charge on any atom is 0.341 e. The van der Waals surface area contributed by atoms with Crippen LogP contribution in [0.2, 0.25) is 0 Å². The molecular weight excluding hydrogens is 275 g/mol. The molecule has 3 rings (SSSR count). The van der Waals surface area contributed by atoms with Crippen LogP contribution < -0.4 is 11.0 Å². The maximum absolute atomic E-state index is 13.9. The van der Waals surface area contributed by atoms with E-state index in [1.165, 1.54) is 6.07 Å². The normalized spacial score (nSPS) is 20.9. The first-order valence-corrected chi connectivity index (χ1v) is 6.79. The molecule has 0 unspecified atom stereocenters. The highest BCUT2D eigenvalue weighted by Gasteiger charge is 2.30. The summed E-state index contributed by atoms with van der Waals surface area (Å²) in [7, 11) is 0. The Morgan fingerprint density at radius 1 is 1.48 bits per heavy atom. The summed E-state index contributed by atoms with van der Waals surface area (Å²) in [5, 5.41) is 8.57. The average molecular weight is 290 g/mol. The summed E-state index contributed by atoms with van der Waals surface area (Å²) in [6, 6.07) is 4.60. The third-order valence-corrected chi connectivity index (χ3v) is 3.91. The second-order valence-electron chi connectivity index (χ2n) is 5.30. The molecule has 0 saturated heterocycles. The molecule has 7 heteroatoms. The van der Waals surface area contributed by atoms with Crippen molar-refractivity contribution in [3.05, 3.63) is 51.5 Å². The zero-order chi connectivity index (χ0) is 15.0. The Hall–Kier alpha value is -2.44. The third-order valence-electron chi connectivity index (χ3n) is 3.91. The number of H-pyrrole nitrogens is 2. The van der Waals surface area contributed by atoms with E-state index in [-0.39, 0.29) is 23.6 Å². The van der Waals surface area contributed by atoms with E-state index >= 15 is 0 Å². The number of nitrogens with one attached hydrogen (secondary N) is 3. The number of hydrogen-bond acceptors (Lipinski definition) is 3. The predicted molar refractivity (Wildman–Crippen MR) is 73.3 cm³/mol. The Morgan fingerprint density at radius 2 is 2.29 bits per heavy atom. The zero-order valence-corrected chi connectivity index (χ0v) is 11.4. The lowest BCUT2D eigenvalue weighted by Crippen LogP contribution is -2.36. The van der Waals surface area contributed by atoms with Crippen molar-refractivity contribution < 1.29 is 9.18 Å². The van der Waals surface area contributed by atoms with E-state index in [2.05, 4.69) is 20.5 Å². The van der Waals surface area contributed by atoms with Crippen LogP contribution in [0.25, 0.3) is 0 Å². The first kappa shape index (κ1) is 13.5. The van der Waals surface area contributed by atoms with E-state index < -0.39 is 11.6 Å². The Morgan fingerprint density at radius 3 is 3.00 bits per heavy atom. The lowest BCUT2D eigenvalue weighted by atomic mass is 9.80. The minimum Gasteiger partial charge on any atom is -0.342 e. The molecule has 1 aliphatic carbocycles. The van der Waals surface area contributed by atoms with Gasteiger partial charge in [-0.25, -0.2) is 14.3 Å². The van der Waals surface area contributed by atoms with Gasteiger partial charge >= 0.3 is 5.69 Å². The third kappa shape index (κ3) is 2.46. The smallest absolute Gasteiger partial charge is 0.341 e. The van der Waals surface area contributed by atoms with Gasteiger partial charge in [-0.2, -0.15) is 0 Å². The molecule has 0 aliphatic heterocycles. The topological polar surface area (TPSA) is 90.6 Å². The zero-order valence-electron chi connectivity index (χ0n) is 11.4. The van der Waals surface area contributed by atoms with Crippen LogP contribution in [-0.4, -0.2) is 21.1 Å². The summed E-state index contributed by atoms with van der Waals surface area (Å²) >= 11 is 0. The molecule has 1 aliphatic rings. The molecule has 110 valence electrons. The summed E-state index contributed by atoms with van der Waals surface area (Å²) in [6.07, 6.45) is 1.45. The van der Waals surface area contributed by atoms with Crippen LogP contribution in [0.3, 0.4) is 0 Å². The Balaban J connectivity index is 1.90. The van der Waals surface area contributed by atoms with Crippen LogP contribution in [0.4, 0.5) is 4.39 Å². The van der Waals surface area contributed by atoms with Crippen molar-refractivity contribution in [2.24, 2.45) is 5.92 Å². The number of benzene rings is 1. The molecule has 3 N–H and O–H groups in total. The molecule has 6 nitrogen and oxygen atoms in total. The Kier molecular flexibility index (Phi) is 3.32. The van der Waals surface area contributed by atoms with E-state index in [4.69, 9.17) is 0 Å². The van der Waals surface area contributed by atoms with E-state index in [0.717, 1.165) is 12.0 Å². The number of rotatable bonds is 2. The molecule has 0 saturated carbocycles. The first-order valence-electron chi connectivity index (χ1n) is 6.79. The molecule has 1 heterocycles. The quantitative estimate of drug-likeness (QED) is 0.778. The van der Waals surface area contributed by atoms with Crippen molar-refractivity contribution in [1.82, 2.24) is 20.5 Å². The highest BCUT2D eigenvalue weighted by Crippen LogP contribution is 2.35. The van der Waals surface area contributed by atoms with Gasteiger partial charge in [-0.15, -0.1) is 5.10 Å². The molecule has 0 bridgehead atoms. The van der Waals surface area contributed by atoms with Crippen molar-refractivity contribution >= 4 is 5.91 Å². The summed E-state index contributed by atoms with van der Waals surface area (Å²) in [5.41, 5.74) is 0.902. The predicted octanol–water partition coefficient (Wildman–Crippen LogP) is 1.29. The Bertz CT molecular complexity index is 737. The van der Waals surface area contributed by atoms with Crippen molar-refractivity contribution in [2.45, 2.75) is 25.8 Å². The van der Waals surface area contributed by atoms with E-state index in [1.807, 2.05) is 13.0 Å². The van der Waals surface area contributed by atoms with Crippen LogP contribution in [0.5, 0.6) is 0 Å². The molecular formula is C14H15FN4O2. The number of halogens is 1. The fourth-order valence-electron chi connectivity index (χ4n) is 2.78. The van der Waals surface area contributed by atoms with Gasteiger partial charge in [0, 0.05) is 0 Å². The van der Waals surface area contributed by atoms with E-state index in [1.54, 1.807) is 6.07 Å². The number of carbonyl (C=O) groups excluding carboxylic acids is 1. The lowest BCUT2D eigenvalue weighted by Gasteiger charge is -2.32. The molecule has 2 aromatic rings. The average Bonchev–Trinajstić information content (AvgIpc) is 2.89. The molecule has 1 aromatic heterocycles.